The van der Waals surface area contributed by atoms with Crippen LogP contribution in [0.15, 0.2) is 24.3 Å². The van der Waals surface area contributed by atoms with E-state index in [0.717, 1.165) is 73.8 Å². The van der Waals surface area contributed by atoms with Gasteiger partial charge in [0.15, 0.2) is 0 Å². The number of ether oxygens (including phenoxy) is 4. The average Bonchev–Trinajstić information content (AvgIpc) is 3.49. The van der Waals surface area contributed by atoms with E-state index in [1.807, 2.05) is 28.4 Å². The highest BCUT2D eigenvalue weighted by molar-refractivity contribution is 5.10. The number of unbranched alkanes of at least 4 members (excludes halogenated alkanes) is 35. The van der Waals surface area contributed by atoms with Gasteiger partial charge in [-0.3, -0.25) is 0 Å². The van der Waals surface area contributed by atoms with Gasteiger partial charge in [0.2, 0.25) is 0 Å². The van der Waals surface area contributed by atoms with Gasteiger partial charge in [0, 0.05) is 54.9 Å². The van der Waals surface area contributed by atoms with Gasteiger partial charge in [-0.1, -0.05) is 310 Å². The Morgan fingerprint density at radius 3 is 0.926 bits per heavy atom. The fourth-order valence-corrected chi connectivity index (χ4v) is 14.7. The molecule has 0 aliphatic heterocycles. The van der Waals surface area contributed by atoms with Gasteiger partial charge in [0.05, 0.1) is 0 Å². The van der Waals surface area contributed by atoms with Gasteiger partial charge in [-0.15, -0.1) is 0 Å². The molecule has 0 bridgehead atoms. The fourth-order valence-electron chi connectivity index (χ4n) is 14.7. The largest absolute Gasteiger partial charge is 0.385 e. The highest BCUT2D eigenvalue weighted by Crippen LogP contribution is 2.48. The molecule has 4 heteroatoms. The topological polar surface area (TPSA) is 36.9 Å². The molecule has 0 spiro atoms. The summed E-state index contributed by atoms with van der Waals surface area (Å²) >= 11 is 0. The normalized spacial score (nSPS) is 20.9. The quantitative estimate of drug-likeness (QED) is 0.0449. The molecule has 0 aromatic heterocycles. The molecule has 1 fully saturated rings. The second-order valence-electron chi connectivity index (χ2n) is 26.5. The number of hydrogen-bond acceptors (Lipinski definition) is 4. The minimum absolute atomic E-state index is 0. The predicted octanol–water partition coefficient (Wildman–Crippen LogP) is 25.6. The van der Waals surface area contributed by atoms with Crippen molar-refractivity contribution in [2.45, 2.75) is 369 Å². The molecule has 4 nitrogen and oxygen atoms in total. The Kier molecular flexibility index (Phi) is 63.3. The van der Waals surface area contributed by atoms with Gasteiger partial charge in [-0.05, 0) is 131 Å². The lowest BCUT2D eigenvalue weighted by atomic mass is 9.61. The molecule has 2 aliphatic carbocycles. The maximum Gasteiger partial charge on any atom is 0.0462 e. The van der Waals surface area contributed by atoms with Crippen molar-refractivity contribution in [3.63, 3.8) is 0 Å². The molecule has 2 rings (SSSR count). The van der Waals surface area contributed by atoms with Gasteiger partial charge >= 0.3 is 0 Å². The monoisotopic (exact) mass is 1140 g/mol. The Hall–Kier alpha value is -0.680. The number of allylic oxidation sites excluding steroid dienone is 4. The average molecular weight is 1140 g/mol. The zero-order chi connectivity index (χ0) is 57.9. The molecule has 0 heterocycles. The van der Waals surface area contributed by atoms with Crippen molar-refractivity contribution in [2.24, 2.45) is 47.3 Å². The Bertz CT molecular complexity index is 1250. The van der Waals surface area contributed by atoms with E-state index in [4.69, 9.17) is 18.9 Å². The summed E-state index contributed by atoms with van der Waals surface area (Å²) < 4.78 is 20.8. The molecule has 1 saturated carbocycles. The molecule has 81 heavy (non-hydrogen) atoms. The van der Waals surface area contributed by atoms with Crippen LogP contribution in [0, 0.1) is 47.3 Å². The Morgan fingerprint density at radius 2 is 0.568 bits per heavy atom. The molecule has 0 radical (unpaired) electrons. The fraction of sp³-hybridized carbons (Fsp3) is 0.948. The van der Waals surface area contributed by atoms with Crippen LogP contribution in [-0.2, 0) is 18.9 Å². The van der Waals surface area contributed by atoms with Crippen molar-refractivity contribution in [3.05, 3.63) is 24.3 Å². The van der Waals surface area contributed by atoms with E-state index in [9.17, 15) is 0 Å². The van der Waals surface area contributed by atoms with Crippen LogP contribution < -0.4 is 0 Å². The van der Waals surface area contributed by atoms with Crippen LogP contribution in [0.2, 0.25) is 0 Å². The first kappa shape index (κ1) is 80.3. The van der Waals surface area contributed by atoms with Crippen molar-refractivity contribution in [1.29, 1.82) is 0 Å². The SMILES string of the molecule is C.CCCCCCC1C=CC(CCCCCCCCOC)C(C=CCCCCCCCCOC)C1CCCCCC.CCCCCCC1CCC(CCCCCCCCOC)C(CCCCCCCCCCOC)C1CCCCCC. The van der Waals surface area contributed by atoms with Gasteiger partial charge in [-0.25, -0.2) is 0 Å². The maximum atomic E-state index is 5.23. The van der Waals surface area contributed by atoms with Crippen molar-refractivity contribution >= 4 is 0 Å². The summed E-state index contributed by atoms with van der Waals surface area (Å²) in [6, 6.07) is 0. The highest BCUT2D eigenvalue weighted by Gasteiger charge is 2.38. The molecule has 8 atom stereocenters. The molecule has 0 amide bonds. The van der Waals surface area contributed by atoms with Crippen LogP contribution in [0.25, 0.3) is 0 Å². The lowest BCUT2D eigenvalue weighted by Gasteiger charge is -2.44. The molecule has 0 aromatic carbocycles. The summed E-state index contributed by atoms with van der Waals surface area (Å²) in [4.78, 5) is 0. The summed E-state index contributed by atoms with van der Waals surface area (Å²) in [6.45, 7) is 13.1. The third kappa shape index (κ3) is 46.2. The smallest absolute Gasteiger partial charge is 0.0462 e. The first-order valence-electron chi connectivity index (χ1n) is 36.9. The van der Waals surface area contributed by atoms with Crippen molar-refractivity contribution in [1.82, 2.24) is 0 Å². The Labute approximate surface area is 512 Å². The van der Waals surface area contributed by atoms with Crippen molar-refractivity contribution in [3.8, 4) is 0 Å². The molecule has 8 unspecified atom stereocenters. The highest BCUT2D eigenvalue weighted by atomic mass is 16.5. The second-order valence-corrected chi connectivity index (χ2v) is 26.5. The van der Waals surface area contributed by atoms with E-state index < -0.39 is 0 Å². The van der Waals surface area contributed by atoms with Crippen molar-refractivity contribution < 1.29 is 18.9 Å². The van der Waals surface area contributed by atoms with E-state index in [0.29, 0.717) is 0 Å². The maximum absolute atomic E-state index is 5.23. The minimum Gasteiger partial charge on any atom is -0.385 e. The molecule has 0 saturated heterocycles. The first-order valence-corrected chi connectivity index (χ1v) is 36.9. The molecule has 2 aliphatic rings. The van der Waals surface area contributed by atoms with Crippen LogP contribution in [0.4, 0.5) is 0 Å². The number of rotatable bonds is 59. The Balaban J connectivity index is 0.00000156. The number of methoxy groups -OCH3 is 4. The standard InChI is InChI=1S/C38H76O2.C38H72O2.CH4/c2*1-5-7-9-21-27-35-31-32-36(28-22-17-14-16-20-26-34-40-4)38(37(35)29-23-10-8-6-2)30-24-18-13-11-12-15-19-25-33-39-3;/h35-38H,5-34H2,1-4H3;24,30-32,35-38H,5-23,25-29,33-34H2,1-4H3;1H4. The van der Waals surface area contributed by atoms with Gasteiger partial charge < -0.3 is 18.9 Å². The summed E-state index contributed by atoms with van der Waals surface area (Å²) in [5.41, 5.74) is 0. The minimum atomic E-state index is 0. The van der Waals surface area contributed by atoms with Crippen LogP contribution >= 0.6 is 0 Å². The zero-order valence-corrected chi connectivity index (χ0v) is 56.2. The summed E-state index contributed by atoms with van der Waals surface area (Å²) in [5.74, 6) is 7.31. The molecular formula is C77H152O4. The van der Waals surface area contributed by atoms with E-state index in [-0.39, 0.29) is 7.43 Å². The van der Waals surface area contributed by atoms with Crippen LogP contribution in [-0.4, -0.2) is 54.9 Å². The number of hydrogen-bond donors (Lipinski definition) is 0. The van der Waals surface area contributed by atoms with E-state index in [1.54, 1.807) is 25.7 Å². The molecular weight excluding hydrogens is 989 g/mol. The first-order chi connectivity index (χ1) is 39.6. The molecule has 484 valence electrons. The molecule has 0 aromatic rings. The van der Waals surface area contributed by atoms with Gasteiger partial charge in [0.1, 0.15) is 0 Å². The van der Waals surface area contributed by atoms with Crippen LogP contribution in [0.5, 0.6) is 0 Å². The lowest BCUT2D eigenvalue weighted by molar-refractivity contribution is 0.0581. The van der Waals surface area contributed by atoms with Crippen LogP contribution in [0.1, 0.15) is 369 Å². The third-order valence-corrected chi connectivity index (χ3v) is 19.7. The van der Waals surface area contributed by atoms with Crippen LogP contribution in [0.3, 0.4) is 0 Å². The van der Waals surface area contributed by atoms with E-state index in [2.05, 4.69) is 52.0 Å². The summed E-state index contributed by atoms with van der Waals surface area (Å²) in [5, 5.41) is 0. The second kappa shape index (κ2) is 63.8. The Morgan fingerprint density at radius 1 is 0.296 bits per heavy atom. The summed E-state index contributed by atoms with van der Waals surface area (Å²) in [6.07, 6.45) is 84.1. The van der Waals surface area contributed by atoms with Gasteiger partial charge in [-0.2, -0.15) is 0 Å². The summed E-state index contributed by atoms with van der Waals surface area (Å²) in [7, 11) is 7.29. The van der Waals surface area contributed by atoms with E-state index >= 15 is 0 Å². The lowest BCUT2D eigenvalue weighted by Crippen LogP contribution is -2.35. The van der Waals surface area contributed by atoms with E-state index in [1.165, 1.54) is 308 Å². The van der Waals surface area contributed by atoms with Crippen molar-refractivity contribution in [2.75, 3.05) is 54.9 Å². The third-order valence-electron chi connectivity index (χ3n) is 19.7. The predicted molar refractivity (Wildman–Crippen MR) is 363 cm³/mol. The zero-order valence-electron chi connectivity index (χ0n) is 56.2. The van der Waals surface area contributed by atoms with Gasteiger partial charge in [0.25, 0.3) is 0 Å². The molecule has 0 N–H and O–H groups in total.